The van der Waals surface area contributed by atoms with Gasteiger partial charge in [0.1, 0.15) is 11.2 Å². The number of nitrogens with zero attached hydrogens (tertiary/aromatic N) is 1. The van der Waals surface area contributed by atoms with Crippen LogP contribution in [0.5, 0.6) is 0 Å². The fourth-order valence-corrected chi connectivity index (χ4v) is 2.63. The number of rotatable bonds is 2. The van der Waals surface area contributed by atoms with Crippen molar-refractivity contribution in [2.45, 2.75) is 12.5 Å². The van der Waals surface area contributed by atoms with Gasteiger partial charge >= 0.3 is 0 Å². The lowest BCUT2D eigenvalue weighted by Crippen LogP contribution is -2.32. The number of pyridine rings is 1. The van der Waals surface area contributed by atoms with Crippen molar-refractivity contribution in [3.63, 3.8) is 0 Å². The molecule has 1 aromatic heterocycles. The number of para-hydroxylation sites is 1. The summed E-state index contributed by atoms with van der Waals surface area (Å²) in [4.78, 5) is 16.2. The molecule has 0 aliphatic carbocycles. The van der Waals surface area contributed by atoms with Crippen LogP contribution < -0.4 is 10.6 Å². The van der Waals surface area contributed by atoms with Gasteiger partial charge < -0.3 is 10.6 Å². The van der Waals surface area contributed by atoms with Crippen molar-refractivity contribution < 1.29 is 4.79 Å². The normalized spacial score (nSPS) is 16.4. The molecular weight excluding hydrogens is 342 g/mol. The average Bonchev–Trinajstić information content (AvgIpc) is 2.87. The molecule has 0 bridgehead atoms. The molecule has 0 spiro atoms. The van der Waals surface area contributed by atoms with Crippen LogP contribution in [0.15, 0.2) is 41.0 Å². The summed E-state index contributed by atoms with van der Waals surface area (Å²) < 4.78 is 0.652. The van der Waals surface area contributed by atoms with Crippen molar-refractivity contribution >= 4 is 44.8 Å². The third-order valence-corrected chi connectivity index (χ3v) is 4.29. The molecule has 3 rings (SSSR count). The van der Waals surface area contributed by atoms with Crippen molar-refractivity contribution in [3.8, 4) is 0 Å². The molecule has 0 fully saturated rings. The number of carbonyl (C=O) groups excluding carboxylic acids is 1. The molecule has 2 aromatic rings. The number of halogens is 2. The van der Waals surface area contributed by atoms with Crippen molar-refractivity contribution in [2.75, 3.05) is 10.6 Å². The Kier molecular flexibility index (Phi) is 3.63. The Hall–Kier alpha value is -1.59. The Balaban J connectivity index is 1.71. The predicted octanol–water partition coefficient (Wildman–Crippen LogP) is 3.47. The highest BCUT2D eigenvalue weighted by atomic mass is 79.9. The van der Waals surface area contributed by atoms with Gasteiger partial charge in [0, 0.05) is 12.1 Å². The molecule has 0 saturated heterocycles. The molecule has 2 N–H and O–H groups in total. The summed E-state index contributed by atoms with van der Waals surface area (Å²) in [6.45, 7) is 0. The van der Waals surface area contributed by atoms with E-state index in [2.05, 4.69) is 31.5 Å². The van der Waals surface area contributed by atoms with Gasteiger partial charge in [0.2, 0.25) is 5.91 Å². The third kappa shape index (κ3) is 2.64. The van der Waals surface area contributed by atoms with E-state index in [0.717, 1.165) is 11.3 Å². The van der Waals surface area contributed by atoms with Crippen LogP contribution >= 0.6 is 27.5 Å². The number of hydrogen-bond donors (Lipinski definition) is 2. The van der Waals surface area contributed by atoms with E-state index in [-0.39, 0.29) is 11.9 Å². The number of anilines is 2. The molecule has 1 atom stereocenters. The minimum Gasteiger partial charge on any atom is -0.373 e. The van der Waals surface area contributed by atoms with Crippen LogP contribution in [0.3, 0.4) is 0 Å². The summed E-state index contributed by atoms with van der Waals surface area (Å²) in [5, 5.41) is 6.41. The molecule has 6 heteroatoms. The Labute approximate surface area is 129 Å². The third-order valence-electron chi connectivity index (χ3n) is 3.15. The van der Waals surface area contributed by atoms with E-state index in [1.807, 2.05) is 24.3 Å². The molecule has 0 unspecified atom stereocenters. The molecular formula is C14H11BrClN3O. The molecule has 2 heterocycles. The van der Waals surface area contributed by atoms with E-state index >= 15 is 0 Å². The largest absolute Gasteiger partial charge is 0.373 e. The highest BCUT2D eigenvalue weighted by Crippen LogP contribution is 2.27. The zero-order valence-electron chi connectivity index (χ0n) is 10.4. The molecule has 1 aliphatic rings. The lowest BCUT2D eigenvalue weighted by atomic mass is 10.1. The van der Waals surface area contributed by atoms with Crippen molar-refractivity contribution in [1.29, 1.82) is 0 Å². The summed E-state index contributed by atoms with van der Waals surface area (Å²) in [6.07, 6.45) is 2.22. The molecule has 102 valence electrons. The van der Waals surface area contributed by atoms with Crippen molar-refractivity contribution in [2.24, 2.45) is 0 Å². The number of hydrogen-bond acceptors (Lipinski definition) is 3. The van der Waals surface area contributed by atoms with Crippen molar-refractivity contribution in [1.82, 2.24) is 4.98 Å². The van der Waals surface area contributed by atoms with Gasteiger partial charge in [0.05, 0.1) is 16.4 Å². The zero-order valence-corrected chi connectivity index (χ0v) is 12.7. The summed E-state index contributed by atoms with van der Waals surface area (Å²) in [5.41, 5.74) is 2.79. The molecule has 0 radical (unpaired) electrons. The summed E-state index contributed by atoms with van der Waals surface area (Å²) in [5.74, 6) is -0.0859. The van der Waals surface area contributed by atoms with Crippen LogP contribution in [0, 0.1) is 0 Å². The average molecular weight is 353 g/mol. The molecule has 1 amide bonds. The highest BCUT2D eigenvalue weighted by molar-refractivity contribution is 9.10. The summed E-state index contributed by atoms with van der Waals surface area (Å²) >= 11 is 9.10. The number of fused-ring (bicyclic) bond motifs is 1. The van der Waals surface area contributed by atoms with Gasteiger partial charge in [-0.05, 0) is 33.6 Å². The van der Waals surface area contributed by atoms with E-state index in [4.69, 9.17) is 11.6 Å². The molecule has 20 heavy (non-hydrogen) atoms. The SMILES string of the molecule is O=C(Nc1cnc(Cl)c(Br)c1)[C@@H]1Cc2ccccc2N1. The van der Waals surface area contributed by atoms with Gasteiger partial charge in [-0.1, -0.05) is 29.8 Å². The Morgan fingerprint density at radius 2 is 2.25 bits per heavy atom. The maximum Gasteiger partial charge on any atom is 0.247 e. The van der Waals surface area contributed by atoms with Gasteiger partial charge in [-0.3, -0.25) is 4.79 Å². The fraction of sp³-hybridized carbons (Fsp3) is 0.143. The molecule has 0 saturated carbocycles. The van der Waals surface area contributed by atoms with E-state index in [1.54, 1.807) is 6.07 Å². The lowest BCUT2D eigenvalue weighted by molar-refractivity contribution is -0.116. The Morgan fingerprint density at radius 3 is 3.00 bits per heavy atom. The van der Waals surface area contributed by atoms with E-state index < -0.39 is 0 Å². The van der Waals surface area contributed by atoms with Crippen LogP contribution in [0.25, 0.3) is 0 Å². The maximum absolute atomic E-state index is 12.2. The monoisotopic (exact) mass is 351 g/mol. The minimum absolute atomic E-state index is 0.0859. The first-order valence-corrected chi connectivity index (χ1v) is 7.27. The standard InChI is InChI=1S/C14H11BrClN3O/c15-10-6-9(7-17-13(10)16)18-14(20)12-5-8-3-1-2-4-11(8)19-12/h1-4,6-7,12,19H,5H2,(H,18,20)/t12-/m0/s1. The van der Waals surface area contributed by atoms with Gasteiger partial charge in [0.15, 0.2) is 0 Å². The highest BCUT2D eigenvalue weighted by Gasteiger charge is 2.26. The second-order valence-electron chi connectivity index (χ2n) is 4.54. The first-order valence-electron chi connectivity index (χ1n) is 6.10. The molecule has 1 aliphatic heterocycles. The number of amides is 1. The van der Waals surface area contributed by atoms with Gasteiger partial charge in [-0.15, -0.1) is 0 Å². The van der Waals surface area contributed by atoms with Crippen LogP contribution in [-0.4, -0.2) is 16.9 Å². The zero-order chi connectivity index (χ0) is 14.1. The Bertz CT molecular complexity index is 652. The van der Waals surface area contributed by atoms with Crippen LogP contribution in [-0.2, 0) is 11.2 Å². The van der Waals surface area contributed by atoms with E-state index in [1.165, 1.54) is 6.20 Å². The minimum atomic E-state index is -0.262. The van der Waals surface area contributed by atoms with Crippen LogP contribution in [0.4, 0.5) is 11.4 Å². The maximum atomic E-state index is 12.2. The van der Waals surface area contributed by atoms with Crippen LogP contribution in [0.1, 0.15) is 5.56 Å². The fourth-order valence-electron chi connectivity index (χ4n) is 2.17. The second-order valence-corrected chi connectivity index (χ2v) is 5.76. The number of benzene rings is 1. The van der Waals surface area contributed by atoms with Crippen molar-refractivity contribution in [3.05, 3.63) is 51.7 Å². The number of carbonyl (C=O) groups is 1. The lowest BCUT2D eigenvalue weighted by Gasteiger charge is -2.12. The smallest absolute Gasteiger partial charge is 0.247 e. The van der Waals surface area contributed by atoms with Gasteiger partial charge in [-0.25, -0.2) is 4.98 Å². The number of nitrogens with one attached hydrogen (secondary N) is 2. The van der Waals surface area contributed by atoms with Gasteiger partial charge in [0.25, 0.3) is 0 Å². The van der Waals surface area contributed by atoms with E-state index in [0.29, 0.717) is 21.7 Å². The predicted molar refractivity (Wildman–Crippen MR) is 83.1 cm³/mol. The van der Waals surface area contributed by atoms with Gasteiger partial charge in [-0.2, -0.15) is 0 Å². The second kappa shape index (κ2) is 5.42. The van der Waals surface area contributed by atoms with Crippen LogP contribution in [0.2, 0.25) is 5.15 Å². The van der Waals surface area contributed by atoms with E-state index in [9.17, 15) is 4.79 Å². The first-order chi connectivity index (χ1) is 9.63. The topological polar surface area (TPSA) is 54.0 Å². The first kappa shape index (κ1) is 13.4. The molecule has 4 nitrogen and oxygen atoms in total. The number of aromatic nitrogens is 1. The summed E-state index contributed by atoms with van der Waals surface area (Å²) in [6, 6.07) is 9.39. The summed E-state index contributed by atoms with van der Waals surface area (Å²) in [7, 11) is 0. The Morgan fingerprint density at radius 1 is 1.45 bits per heavy atom. The quantitative estimate of drug-likeness (QED) is 0.814. The molecule has 1 aromatic carbocycles.